The molecule has 6 heteroatoms. The molecule has 0 aliphatic carbocycles. The molecule has 0 aromatic heterocycles. The Morgan fingerprint density at radius 1 is 1.42 bits per heavy atom. The zero-order chi connectivity index (χ0) is 9.35. The van der Waals surface area contributed by atoms with E-state index in [0.29, 0.717) is 12.1 Å². The molecule has 0 bridgehead atoms. The third-order valence-electron chi connectivity index (χ3n) is 1.18. The van der Waals surface area contributed by atoms with Crippen molar-refractivity contribution in [3.63, 3.8) is 0 Å². The summed E-state index contributed by atoms with van der Waals surface area (Å²) in [5.41, 5.74) is 0. The molecule has 0 atom stereocenters. The van der Waals surface area contributed by atoms with Gasteiger partial charge in [-0.25, -0.2) is 12.8 Å². The van der Waals surface area contributed by atoms with Gasteiger partial charge in [-0.3, -0.25) is 0 Å². The van der Waals surface area contributed by atoms with E-state index >= 15 is 0 Å². The minimum atomic E-state index is -4.79. The minimum absolute atomic E-state index is 0.431. The summed E-state index contributed by atoms with van der Waals surface area (Å²) in [6, 6.07) is 2.20. The summed E-state index contributed by atoms with van der Waals surface area (Å²) in [4.78, 5) is -0.958. The first-order chi connectivity index (χ1) is 5.41. The Labute approximate surface area is 68.0 Å². The van der Waals surface area contributed by atoms with Crippen molar-refractivity contribution < 1.29 is 22.5 Å². The molecular weight excluding hydrogens is 187 g/mol. The lowest BCUT2D eigenvalue weighted by Crippen LogP contribution is -2.01. The molecule has 1 aromatic carbocycles. The molecule has 0 heterocycles. The summed E-state index contributed by atoms with van der Waals surface area (Å²) in [6.45, 7) is 0. The molecule has 0 radical (unpaired) electrons. The molecule has 0 saturated heterocycles. The molecule has 0 aliphatic rings. The molecule has 0 aliphatic heterocycles. The van der Waals surface area contributed by atoms with Crippen molar-refractivity contribution >= 4 is 10.1 Å². The lowest BCUT2D eigenvalue weighted by Gasteiger charge is -2.07. The van der Waals surface area contributed by atoms with Gasteiger partial charge in [-0.2, -0.15) is 0 Å². The van der Waals surface area contributed by atoms with Gasteiger partial charge in [0.05, 0.1) is 4.90 Å². The monoisotopic (exact) mass is 191 g/mol. The average molecular weight is 191 g/mol. The molecule has 0 saturated carbocycles. The number of aromatic hydroxyl groups is 1. The fourth-order valence-corrected chi connectivity index (χ4v) is 1.22. The third-order valence-corrected chi connectivity index (χ3v) is 2.05. The van der Waals surface area contributed by atoms with Gasteiger partial charge >= 0.3 is 0 Å². The van der Waals surface area contributed by atoms with E-state index in [0.717, 1.165) is 6.07 Å². The zero-order valence-electron chi connectivity index (χ0n) is 5.69. The summed E-state index contributed by atoms with van der Waals surface area (Å²) >= 11 is 0. The molecule has 0 spiro atoms. The number of phenols is 1. The van der Waals surface area contributed by atoms with Crippen LogP contribution in [-0.2, 0) is 10.1 Å². The topological polar surface area (TPSA) is 77.4 Å². The smallest absolute Gasteiger partial charge is 0.144 e. The van der Waals surface area contributed by atoms with Crippen LogP contribution in [0.5, 0.6) is 5.75 Å². The SMILES string of the molecule is O=S(=O)([O-])c1ccc(O)cc1F. The van der Waals surface area contributed by atoms with Crippen LogP contribution in [0.25, 0.3) is 0 Å². The molecule has 0 fully saturated rings. The van der Waals surface area contributed by atoms with Crippen molar-refractivity contribution in [1.82, 2.24) is 0 Å². The number of benzene rings is 1. The molecule has 1 N–H and O–H groups in total. The maximum atomic E-state index is 12.6. The fraction of sp³-hybridized carbons (Fsp3) is 0. The van der Waals surface area contributed by atoms with Crippen LogP contribution in [-0.4, -0.2) is 18.1 Å². The van der Waals surface area contributed by atoms with Crippen molar-refractivity contribution in [2.75, 3.05) is 0 Å². The fourth-order valence-electron chi connectivity index (χ4n) is 0.693. The van der Waals surface area contributed by atoms with Crippen LogP contribution in [0, 0.1) is 5.82 Å². The summed E-state index contributed by atoms with van der Waals surface area (Å²) < 4.78 is 43.5. The largest absolute Gasteiger partial charge is 0.744 e. The highest BCUT2D eigenvalue weighted by atomic mass is 32.2. The highest BCUT2D eigenvalue weighted by Gasteiger charge is 2.08. The second-order valence-electron chi connectivity index (χ2n) is 2.07. The Balaban J connectivity index is 3.39. The van der Waals surface area contributed by atoms with Crippen LogP contribution in [0.2, 0.25) is 0 Å². The molecule has 66 valence electrons. The van der Waals surface area contributed by atoms with E-state index < -0.39 is 26.6 Å². The van der Waals surface area contributed by atoms with Gasteiger partial charge in [-0.15, -0.1) is 0 Å². The molecule has 1 rings (SSSR count). The normalized spacial score (nSPS) is 11.5. The van der Waals surface area contributed by atoms with Crippen molar-refractivity contribution in [3.05, 3.63) is 24.0 Å². The molecule has 1 aromatic rings. The van der Waals surface area contributed by atoms with Crippen LogP contribution in [0.3, 0.4) is 0 Å². The highest BCUT2D eigenvalue weighted by Crippen LogP contribution is 2.18. The molecule has 0 unspecified atom stereocenters. The van der Waals surface area contributed by atoms with Crippen LogP contribution >= 0.6 is 0 Å². The minimum Gasteiger partial charge on any atom is -0.744 e. The number of hydrogen-bond acceptors (Lipinski definition) is 4. The van der Waals surface area contributed by atoms with Crippen molar-refractivity contribution in [1.29, 1.82) is 0 Å². The predicted octanol–water partition coefficient (Wildman–Crippen LogP) is 0.435. The van der Waals surface area contributed by atoms with E-state index in [1.807, 2.05) is 0 Å². The molecule has 4 nitrogen and oxygen atoms in total. The summed E-state index contributed by atoms with van der Waals surface area (Å²) in [6.07, 6.45) is 0. The summed E-state index contributed by atoms with van der Waals surface area (Å²) in [5, 5.41) is 8.67. The van der Waals surface area contributed by atoms with E-state index in [2.05, 4.69) is 0 Å². The number of rotatable bonds is 1. The van der Waals surface area contributed by atoms with Gasteiger partial charge in [0.1, 0.15) is 21.7 Å². The van der Waals surface area contributed by atoms with Crippen LogP contribution in [0.4, 0.5) is 4.39 Å². The number of halogens is 1. The van der Waals surface area contributed by atoms with E-state index in [1.165, 1.54) is 0 Å². The summed E-state index contributed by atoms with van der Waals surface area (Å²) in [5.74, 6) is -1.68. The van der Waals surface area contributed by atoms with Crippen molar-refractivity contribution in [3.8, 4) is 5.75 Å². The van der Waals surface area contributed by atoms with Crippen LogP contribution in [0.15, 0.2) is 23.1 Å². The average Bonchev–Trinajstić information content (AvgIpc) is 1.83. The molecular formula is C6H4FO4S-. The Kier molecular flexibility index (Phi) is 2.03. The Bertz CT molecular complexity index is 398. The van der Waals surface area contributed by atoms with E-state index in [4.69, 9.17) is 5.11 Å². The van der Waals surface area contributed by atoms with Crippen LogP contribution in [0.1, 0.15) is 0 Å². The second-order valence-corrected chi connectivity index (χ2v) is 3.42. The van der Waals surface area contributed by atoms with Crippen molar-refractivity contribution in [2.24, 2.45) is 0 Å². The highest BCUT2D eigenvalue weighted by molar-refractivity contribution is 7.85. The summed E-state index contributed by atoms with van der Waals surface area (Å²) in [7, 11) is -4.79. The van der Waals surface area contributed by atoms with Gasteiger partial charge in [-0.1, -0.05) is 0 Å². The van der Waals surface area contributed by atoms with E-state index in [9.17, 15) is 17.4 Å². The zero-order valence-corrected chi connectivity index (χ0v) is 6.51. The third kappa shape index (κ3) is 1.72. The Morgan fingerprint density at radius 2 is 2.00 bits per heavy atom. The van der Waals surface area contributed by atoms with Gasteiger partial charge in [-0.05, 0) is 12.1 Å². The first-order valence-corrected chi connectivity index (χ1v) is 4.26. The first-order valence-electron chi connectivity index (χ1n) is 2.85. The second kappa shape index (κ2) is 2.72. The number of hydrogen-bond donors (Lipinski definition) is 1. The van der Waals surface area contributed by atoms with Gasteiger partial charge in [0.25, 0.3) is 0 Å². The number of phenolic OH excluding ortho intramolecular Hbond substituents is 1. The van der Waals surface area contributed by atoms with E-state index in [-0.39, 0.29) is 0 Å². The lowest BCUT2D eigenvalue weighted by molar-refractivity contribution is 0.448. The maximum absolute atomic E-state index is 12.6. The Morgan fingerprint density at radius 3 is 2.42 bits per heavy atom. The molecule has 0 amide bonds. The predicted molar refractivity (Wildman–Crippen MR) is 36.0 cm³/mol. The quantitative estimate of drug-likeness (QED) is 0.653. The van der Waals surface area contributed by atoms with Gasteiger partial charge in [0.15, 0.2) is 0 Å². The van der Waals surface area contributed by atoms with Gasteiger partial charge in [0, 0.05) is 6.07 Å². The van der Waals surface area contributed by atoms with Crippen molar-refractivity contribution in [2.45, 2.75) is 4.90 Å². The van der Waals surface area contributed by atoms with E-state index in [1.54, 1.807) is 0 Å². The van der Waals surface area contributed by atoms with Gasteiger partial charge < -0.3 is 9.66 Å². The molecule has 12 heavy (non-hydrogen) atoms. The first kappa shape index (κ1) is 8.95. The van der Waals surface area contributed by atoms with Gasteiger partial charge in [0.2, 0.25) is 0 Å². The standard InChI is InChI=1S/C6H5FO4S/c7-5-3-4(8)1-2-6(5)12(9,10)11/h1-3,8H,(H,9,10,11)/p-1. The maximum Gasteiger partial charge on any atom is 0.144 e. The Hall–Kier alpha value is -1.14. The lowest BCUT2D eigenvalue weighted by atomic mass is 10.3. The van der Waals surface area contributed by atoms with Crippen LogP contribution < -0.4 is 0 Å².